The normalized spacial score (nSPS) is 28.0. The second-order valence-corrected chi connectivity index (χ2v) is 5.81. The highest BCUT2D eigenvalue weighted by molar-refractivity contribution is 6.17. The molecular formula is C13H18ClN5O2. The van der Waals surface area contributed by atoms with Crippen molar-refractivity contribution in [3.8, 4) is 0 Å². The van der Waals surface area contributed by atoms with Gasteiger partial charge in [0.15, 0.2) is 12.2 Å². The fourth-order valence-electron chi connectivity index (χ4n) is 3.01. The smallest absolute Gasteiger partial charge is 0.314 e. The predicted octanol–water partition coefficient (Wildman–Crippen LogP) is 0.730. The molecule has 0 aliphatic carbocycles. The first kappa shape index (κ1) is 14.2. The maximum Gasteiger partial charge on any atom is 0.325 e. The molecule has 0 aromatic heterocycles. The highest BCUT2D eigenvalue weighted by Gasteiger charge is 2.52. The van der Waals surface area contributed by atoms with Crippen molar-refractivity contribution >= 4 is 29.5 Å². The first-order chi connectivity index (χ1) is 9.97. The van der Waals surface area contributed by atoms with E-state index in [1.807, 2.05) is 18.7 Å². The number of carbonyl (C=O) groups excluding carboxylic acids is 2. The summed E-state index contributed by atoms with van der Waals surface area (Å²) in [5, 5.41) is 2.38. The van der Waals surface area contributed by atoms with Crippen LogP contribution < -0.4 is 5.32 Å². The summed E-state index contributed by atoms with van der Waals surface area (Å²) in [6.45, 7) is 4.73. The molecule has 2 atom stereocenters. The Morgan fingerprint density at radius 2 is 2.00 bits per heavy atom. The molecule has 3 aliphatic rings. The van der Waals surface area contributed by atoms with Crippen LogP contribution in [0.1, 0.15) is 20.3 Å². The number of urea groups is 1. The Morgan fingerprint density at radius 3 is 2.67 bits per heavy atom. The molecule has 21 heavy (non-hydrogen) atoms. The largest absolute Gasteiger partial charge is 0.325 e. The van der Waals surface area contributed by atoms with E-state index in [0.29, 0.717) is 5.88 Å². The maximum atomic E-state index is 12.2. The lowest BCUT2D eigenvalue weighted by Crippen LogP contribution is -2.63. The quantitative estimate of drug-likeness (QED) is 0.780. The van der Waals surface area contributed by atoms with Crippen molar-refractivity contribution in [1.82, 2.24) is 20.0 Å². The van der Waals surface area contributed by atoms with E-state index in [1.54, 1.807) is 7.05 Å². The Morgan fingerprint density at radius 1 is 1.29 bits per heavy atom. The van der Waals surface area contributed by atoms with Gasteiger partial charge in [-0.25, -0.2) is 9.79 Å². The van der Waals surface area contributed by atoms with Gasteiger partial charge in [0.2, 0.25) is 5.96 Å². The highest BCUT2D eigenvalue weighted by atomic mass is 35.5. The van der Waals surface area contributed by atoms with E-state index in [-0.39, 0.29) is 5.91 Å². The molecule has 0 bridgehead atoms. The number of hydrogen-bond donors (Lipinski definition) is 1. The monoisotopic (exact) mass is 311 g/mol. The molecule has 3 heterocycles. The number of nitrogens with zero attached hydrogens (tertiary/aromatic N) is 4. The van der Waals surface area contributed by atoms with Gasteiger partial charge in [-0.2, -0.15) is 0 Å². The molecule has 2 unspecified atom stereocenters. The summed E-state index contributed by atoms with van der Waals surface area (Å²) in [4.78, 5) is 34.0. The van der Waals surface area contributed by atoms with Gasteiger partial charge in [-0.05, 0) is 20.3 Å². The van der Waals surface area contributed by atoms with Crippen LogP contribution >= 0.6 is 11.6 Å². The van der Waals surface area contributed by atoms with Crippen molar-refractivity contribution in [2.24, 2.45) is 4.99 Å². The summed E-state index contributed by atoms with van der Waals surface area (Å²) in [5.74, 6) is 1.01. The standard InChI is InChI=1S/C13H18ClN5O2/c1-7-8(2)19-9-10(17(3)13(21)16-11(9)20)15-12(19)18(7)6-4-5-14/h9-10H,4-6H2,1-3H3,(H,16,20,21). The SMILES string of the molecule is CC1=C(C)N2C(=NC3C2C(=O)NC(=O)N3C)N1CCCCl. The lowest BCUT2D eigenvalue weighted by molar-refractivity contribution is -0.126. The highest BCUT2D eigenvalue weighted by Crippen LogP contribution is 2.35. The van der Waals surface area contributed by atoms with Crippen molar-refractivity contribution < 1.29 is 9.59 Å². The van der Waals surface area contributed by atoms with E-state index >= 15 is 0 Å². The molecule has 114 valence electrons. The van der Waals surface area contributed by atoms with Gasteiger partial charge in [-0.1, -0.05) is 0 Å². The molecule has 3 amide bonds. The Hall–Kier alpha value is -1.76. The number of aliphatic imine (C=N–C) groups is 1. The van der Waals surface area contributed by atoms with Crippen molar-refractivity contribution in [3.05, 3.63) is 11.4 Å². The van der Waals surface area contributed by atoms with Crippen LogP contribution in [0.4, 0.5) is 4.79 Å². The van der Waals surface area contributed by atoms with Crippen LogP contribution in [0.3, 0.4) is 0 Å². The summed E-state index contributed by atoms with van der Waals surface area (Å²) in [6.07, 6.45) is 0.359. The van der Waals surface area contributed by atoms with Gasteiger partial charge < -0.3 is 9.80 Å². The van der Waals surface area contributed by atoms with Gasteiger partial charge in [0.05, 0.1) is 0 Å². The topological polar surface area (TPSA) is 68.2 Å². The minimum atomic E-state index is -0.487. The molecular weight excluding hydrogens is 294 g/mol. The van der Waals surface area contributed by atoms with Crippen LogP contribution in [0.25, 0.3) is 0 Å². The van der Waals surface area contributed by atoms with Crippen molar-refractivity contribution in [3.63, 3.8) is 0 Å². The van der Waals surface area contributed by atoms with Gasteiger partial charge in [-0.15, -0.1) is 11.6 Å². The number of imide groups is 1. The number of rotatable bonds is 3. The lowest BCUT2D eigenvalue weighted by atomic mass is 10.1. The molecule has 0 saturated carbocycles. The number of amides is 3. The zero-order chi connectivity index (χ0) is 15.3. The number of fused-ring (bicyclic) bond motifs is 3. The molecule has 0 aromatic rings. The van der Waals surface area contributed by atoms with E-state index < -0.39 is 18.2 Å². The van der Waals surface area contributed by atoms with E-state index in [2.05, 4.69) is 15.2 Å². The minimum absolute atomic E-state index is 0.298. The zero-order valence-corrected chi connectivity index (χ0v) is 13.0. The van der Waals surface area contributed by atoms with E-state index in [9.17, 15) is 9.59 Å². The second kappa shape index (κ2) is 4.91. The molecule has 3 rings (SSSR count). The van der Waals surface area contributed by atoms with Crippen molar-refractivity contribution in [2.45, 2.75) is 32.5 Å². The third-order valence-corrected chi connectivity index (χ3v) is 4.55. The third-order valence-electron chi connectivity index (χ3n) is 4.29. The summed E-state index contributed by atoms with van der Waals surface area (Å²) >= 11 is 5.78. The van der Waals surface area contributed by atoms with Gasteiger partial charge in [0.25, 0.3) is 5.91 Å². The van der Waals surface area contributed by atoms with Crippen LogP contribution in [0.5, 0.6) is 0 Å². The Labute approximate surface area is 128 Å². The number of halogens is 1. The number of hydrogen-bond acceptors (Lipinski definition) is 5. The molecule has 1 fully saturated rings. The fraction of sp³-hybridized carbons (Fsp3) is 0.615. The first-order valence-electron chi connectivity index (χ1n) is 6.93. The summed E-state index contributed by atoms with van der Waals surface area (Å²) < 4.78 is 0. The van der Waals surface area contributed by atoms with E-state index in [0.717, 1.165) is 30.3 Å². The molecule has 1 saturated heterocycles. The predicted molar refractivity (Wildman–Crippen MR) is 78.6 cm³/mol. The number of nitrogens with one attached hydrogen (secondary N) is 1. The van der Waals surface area contributed by atoms with Gasteiger partial charge in [0, 0.05) is 30.9 Å². The molecule has 7 nitrogen and oxygen atoms in total. The van der Waals surface area contributed by atoms with Crippen molar-refractivity contribution in [2.75, 3.05) is 19.5 Å². The summed E-state index contributed by atoms with van der Waals surface area (Å²) in [5.41, 5.74) is 2.07. The molecule has 8 heteroatoms. The summed E-state index contributed by atoms with van der Waals surface area (Å²) in [7, 11) is 1.65. The Bertz CT molecular complexity index is 573. The minimum Gasteiger partial charge on any atom is -0.314 e. The molecule has 0 aromatic carbocycles. The van der Waals surface area contributed by atoms with Crippen LogP contribution in [-0.4, -0.2) is 64.3 Å². The fourth-order valence-corrected chi connectivity index (χ4v) is 3.13. The van der Waals surface area contributed by atoms with Gasteiger partial charge in [0.1, 0.15) is 0 Å². The third kappa shape index (κ3) is 1.91. The molecule has 0 spiro atoms. The zero-order valence-electron chi connectivity index (χ0n) is 12.3. The Kier molecular flexibility index (Phi) is 3.32. The van der Waals surface area contributed by atoms with Gasteiger partial charge in [-0.3, -0.25) is 15.0 Å². The lowest BCUT2D eigenvalue weighted by Gasteiger charge is -2.35. The Balaban J connectivity index is 1.96. The van der Waals surface area contributed by atoms with E-state index in [1.165, 1.54) is 4.90 Å². The summed E-state index contributed by atoms with van der Waals surface area (Å²) in [6, 6.07) is -0.893. The van der Waals surface area contributed by atoms with Crippen LogP contribution in [0.15, 0.2) is 16.4 Å². The van der Waals surface area contributed by atoms with Crippen LogP contribution in [-0.2, 0) is 4.79 Å². The van der Waals surface area contributed by atoms with E-state index in [4.69, 9.17) is 11.6 Å². The number of likely N-dealkylation sites (N-methyl/N-ethyl adjacent to an activating group) is 1. The average Bonchev–Trinajstić information content (AvgIpc) is 2.93. The number of allylic oxidation sites excluding steroid dienone is 2. The van der Waals surface area contributed by atoms with Crippen LogP contribution in [0, 0.1) is 0 Å². The number of carbonyl (C=O) groups is 2. The van der Waals surface area contributed by atoms with Crippen LogP contribution in [0.2, 0.25) is 0 Å². The second-order valence-electron chi connectivity index (χ2n) is 5.43. The van der Waals surface area contributed by atoms with Gasteiger partial charge >= 0.3 is 6.03 Å². The molecule has 3 aliphatic heterocycles. The molecule has 0 radical (unpaired) electrons. The number of alkyl halides is 1. The maximum absolute atomic E-state index is 12.2. The molecule has 1 N–H and O–H groups in total. The first-order valence-corrected chi connectivity index (χ1v) is 7.46. The van der Waals surface area contributed by atoms with Crippen molar-refractivity contribution in [1.29, 1.82) is 0 Å². The average molecular weight is 312 g/mol. The number of guanidine groups is 1.